The molecule has 5 nitrogen and oxygen atoms in total. The van der Waals surface area contributed by atoms with Gasteiger partial charge in [0.1, 0.15) is 17.4 Å². The molecule has 0 aromatic rings. The van der Waals surface area contributed by atoms with Crippen molar-refractivity contribution < 1.29 is 23.5 Å². The Labute approximate surface area is 135 Å². The molecule has 0 fully saturated rings. The van der Waals surface area contributed by atoms with E-state index in [1.54, 1.807) is 0 Å². The molecule has 0 aliphatic carbocycles. The van der Waals surface area contributed by atoms with Crippen LogP contribution < -0.4 is 0 Å². The Hall–Kier alpha value is -1.14. The molecule has 1 aliphatic heterocycles. The zero-order valence-electron chi connectivity index (χ0n) is 14.2. The van der Waals surface area contributed by atoms with E-state index >= 15 is 0 Å². The van der Waals surface area contributed by atoms with Crippen LogP contribution in [0.4, 0.5) is 0 Å². The molecule has 0 saturated heterocycles. The molecule has 1 atom stereocenters. The van der Waals surface area contributed by atoms with Crippen molar-refractivity contribution in [1.82, 2.24) is 0 Å². The molecule has 0 bridgehead atoms. The fourth-order valence-electron chi connectivity index (χ4n) is 2.94. The van der Waals surface area contributed by atoms with E-state index in [0.717, 1.165) is 0 Å². The third-order valence-electron chi connectivity index (χ3n) is 3.66. The van der Waals surface area contributed by atoms with Gasteiger partial charge in [-0.15, -0.1) is 0 Å². The lowest BCUT2D eigenvalue weighted by Crippen LogP contribution is -2.49. The summed E-state index contributed by atoms with van der Waals surface area (Å²) in [6, 6.07) is 0. The Balaban J connectivity index is 3.32. The Morgan fingerprint density at radius 2 is 1.95 bits per heavy atom. The number of cyclic esters (lactones) is 1. The fourth-order valence-corrected chi connectivity index (χ4v) is 3.09. The van der Waals surface area contributed by atoms with Crippen molar-refractivity contribution in [2.75, 3.05) is 6.61 Å². The number of hydrogen-bond donors (Lipinski definition) is 0. The molecule has 6 heteroatoms. The predicted molar refractivity (Wildman–Crippen MR) is 82.8 cm³/mol. The third-order valence-corrected chi connectivity index (χ3v) is 3.80. The SMILES string of the molecule is CCCC(=O)OC1=C(CO[Si])C(=O)OC(C(C)(C)C)C1(C)C. The van der Waals surface area contributed by atoms with E-state index in [1.165, 1.54) is 0 Å². The number of rotatable bonds is 5. The van der Waals surface area contributed by atoms with Gasteiger partial charge in [0, 0.05) is 6.42 Å². The van der Waals surface area contributed by atoms with Crippen molar-refractivity contribution in [1.29, 1.82) is 0 Å². The van der Waals surface area contributed by atoms with Crippen LogP contribution in [0.3, 0.4) is 0 Å². The summed E-state index contributed by atoms with van der Waals surface area (Å²) in [6.45, 7) is 11.7. The molecule has 0 aromatic heterocycles. The van der Waals surface area contributed by atoms with Gasteiger partial charge < -0.3 is 13.9 Å². The number of hydrogen-bond acceptors (Lipinski definition) is 5. The maximum atomic E-state index is 12.3. The van der Waals surface area contributed by atoms with Crippen LogP contribution in [0, 0.1) is 10.8 Å². The minimum absolute atomic E-state index is 0.0231. The number of ether oxygens (including phenoxy) is 2. The van der Waals surface area contributed by atoms with Crippen molar-refractivity contribution in [3.05, 3.63) is 11.3 Å². The van der Waals surface area contributed by atoms with Crippen LogP contribution in [0.15, 0.2) is 11.3 Å². The van der Waals surface area contributed by atoms with Gasteiger partial charge in [0.15, 0.2) is 0 Å². The van der Waals surface area contributed by atoms with Crippen molar-refractivity contribution in [3.8, 4) is 0 Å². The Bertz CT molecular complexity index is 473. The molecule has 22 heavy (non-hydrogen) atoms. The van der Waals surface area contributed by atoms with Gasteiger partial charge in [-0.25, -0.2) is 4.79 Å². The van der Waals surface area contributed by atoms with Gasteiger partial charge in [-0.1, -0.05) is 27.7 Å². The molecule has 0 amide bonds. The molecule has 0 spiro atoms. The molecular weight excluding hydrogens is 300 g/mol. The normalized spacial score (nSPS) is 21.6. The minimum Gasteiger partial charge on any atom is -0.457 e. The highest BCUT2D eigenvalue weighted by molar-refractivity contribution is 5.99. The standard InChI is InChI=1S/C16H25O5Si/c1-7-8-11(17)20-12-10(9-19-22)13(18)21-14(15(2,3)4)16(12,5)6/h14H,7-9H2,1-6H3. The predicted octanol–water partition coefficient (Wildman–Crippen LogP) is 2.68. The van der Waals surface area contributed by atoms with Gasteiger partial charge in [-0.2, -0.15) is 0 Å². The average Bonchev–Trinajstić information content (AvgIpc) is 2.37. The van der Waals surface area contributed by atoms with Gasteiger partial charge in [0.05, 0.1) is 12.0 Å². The fraction of sp³-hybridized carbons (Fsp3) is 0.750. The molecule has 0 N–H and O–H groups in total. The molecule has 0 aromatic carbocycles. The molecule has 1 unspecified atom stereocenters. The van der Waals surface area contributed by atoms with E-state index in [-0.39, 0.29) is 23.6 Å². The summed E-state index contributed by atoms with van der Waals surface area (Å²) >= 11 is 0. The van der Waals surface area contributed by atoms with Crippen LogP contribution in [-0.2, 0) is 23.5 Å². The van der Waals surface area contributed by atoms with E-state index < -0.39 is 17.5 Å². The van der Waals surface area contributed by atoms with Crippen molar-refractivity contribution in [2.24, 2.45) is 10.8 Å². The highest BCUT2D eigenvalue weighted by atomic mass is 28.2. The lowest BCUT2D eigenvalue weighted by Gasteiger charge is -2.45. The van der Waals surface area contributed by atoms with Crippen LogP contribution in [0.1, 0.15) is 54.4 Å². The third kappa shape index (κ3) is 3.98. The average molecular weight is 325 g/mol. The summed E-state index contributed by atoms with van der Waals surface area (Å²) in [4.78, 5) is 24.3. The van der Waals surface area contributed by atoms with Crippen LogP contribution in [0.2, 0.25) is 0 Å². The van der Waals surface area contributed by atoms with Crippen LogP contribution in [0.5, 0.6) is 0 Å². The van der Waals surface area contributed by atoms with Gasteiger partial charge in [-0.3, -0.25) is 4.79 Å². The molecule has 0 saturated carbocycles. The monoisotopic (exact) mass is 325 g/mol. The maximum absolute atomic E-state index is 12.3. The van der Waals surface area contributed by atoms with E-state index in [0.29, 0.717) is 18.6 Å². The highest BCUT2D eigenvalue weighted by Crippen LogP contribution is 2.46. The summed E-state index contributed by atoms with van der Waals surface area (Å²) in [6.07, 6.45) is 0.580. The minimum atomic E-state index is -0.629. The van der Waals surface area contributed by atoms with Crippen molar-refractivity contribution >= 4 is 22.4 Å². The molecule has 3 radical (unpaired) electrons. The van der Waals surface area contributed by atoms with E-state index in [4.69, 9.17) is 13.9 Å². The topological polar surface area (TPSA) is 61.8 Å². The summed E-state index contributed by atoms with van der Waals surface area (Å²) in [5.74, 6) is -0.503. The second-order valence-electron chi connectivity index (χ2n) is 7.19. The number of carbonyl (C=O) groups excluding carboxylic acids is 2. The summed E-state index contributed by atoms with van der Waals surface area (Å²) < 4.78 is 16.1. The molecule has 1 heterocycles. The molecule has 1 aliphatic rings. The lowest BCUT2D eigenvalue weighted by atomic mass is 9.69. The second-order valence-corrected chi connectivity index (χ2v) is 7.48. The van der Waals surface area contributed by atoms with Crippen molar-refractivity contribution in [2.45, 2.75) is 60.5 Å². The first-order valence-electron chi connectivity index (χ1n) is 7.49. The Kier molecular flexibility index (Phi) is 5.98. The number of carbonyl (C=O) groups is 2. The molecule has 123 valence electrons. The first-order chi connectivity index (χ1) is 10.1. The van der Waals surface area contributed by atoms with E-state index in [9.17, 15) is 9.59 Å². The number of esters is 2. The van der Waals surface area contributed by atoms with Crippen LogP contribution in [-0.4, -0.2) is 35.1 Å². The zero-order valence-corrected chi connectivity index (χ0v) is 15.2. The second kappa shape index (κ2) is 6.96. The lowest BCUT2D eigenvalue weighted by molar-refractivity contribution is -0.169. The van der Waals surface area contributed by atoms with Gasteiger partial charge >= 0.3 is 11.9 Å². The molecular formula is C16H25O5Si. The summed E-state index contributed by atoms with van der Waals surface area (Å²) in [5.41, 5.74) is -0.678. The largest absolute Gasteiger partial charge is 0.457 e. The van der Waals surface area contributed by atoms with Crippen molar-refractivity contribution in [3.63, 3.8) is 0 Å². The maximum Gasteiger partial charge on any atom is 0.340 e. The van der Waals surface area contributed by atoms with Gasteiger partial charge in [0.25, 0.3) is 0 Å². The quantitative estimate of drug-likeness (QED) is 0.574. The Morgan fingerprint density at radius 1 is 1.36 bits per heavy atom. The Morgan fingerprint density at radius 3 is 2.41 bits per heavy atom. The first-order valence-corrected chi connectivity index (χ1v) is 7.90. The summed E-state index contributed by atoms with van der Waals surface area (Å²) in [7, 11) is 2.90. The van der Waals surface area contributed by atoms with E-state index in [1.807, 2.05) is 41.5 Å². The first kappa shape index (κ1) is 18.9. The van der Waals surface area contributed by atoms with Crippen LogP contribution >= 0.6 is 0 Å². The smallest absolute Gasteiger partial charge is 0.340 e. The van der Waals surface area contributed by atoms with Crippen LogP contribution in [0.25, 0.3) is 0 Å². The highest BCUT2D eigenvalue weighted by Gasteiger charge is 2.50. The van der Waals surface area contributed by atoms with Gasteiger partial charge in [-0.05, 0) is 25.7 Å². The summed E-state index contributed by atoms with van der Waals surface area (Å²) in [5, 5.41) is 0. The van der Waals surface area contributed by atoms with E-state index in [2.05, 4.69) is 10.5 Å². The molecule has 1 rings (SSSR count). The zero-order chi connectivity index (χ0) is 17.1. The van der Waals surface area contributed by atoms with Gasteiger partial charge in [0.2, 0.25) is 10.5 Å².